The summed E-state index contributed by atoms with van der Waals surface area (Å²) in [6, 6.07) is 8.15. The van der Waals surface area contributed by atoms with Gasteiger partial charge in [-0.1, -0.05) is 6.58 Å². The van der Waals surface area contributed by atoms with Gasteiger partial charge in [-0.2, -0.15) is 5.10 Å². The highest BCUT2D eigenvalue weighted by Crippen LogP contribution is 2.18. The van der Waals surface area contributed by atoms with Gasteiger partial charge in [0.2, 0.25) is 5.91 Å². The highest BCUT2D eigenvalue weighted by Gasteiger charge is 2.24. The molecule has 134 valence electrons. The largest absolute Gasteiger partial charge is 0.339 e. The number of nitrogens with one attached hydrogen (secondary N) is 1. The Balaban J connectivity index is 1.73. The van der Waals surface area contributed by atoms with Crippen molar-refractivity contribution >= 4 is 29.2 Å². The molecule has 1 aliphatic heterocycles. The van der Waals surface area contributed by atoms with Gasteiger partial charge in [0.15, 0.2) is 5.82 Å². The molecule has 8 nitrogen and oxygen atoms in total. The monoisotopic (exact) mass is 353 g/mol. The highest BCUT2D eigenvalue weighted by atomic mass is 16.2. The Morgan fingerprint density at radius 3 is 2.62 bits per heavy atom. The topological polar surface area (TPSA) is 87.5 Å². The van der Waals surface area contributed by atoms with Gasteiger partial charge in [-0.05, 0) is 30.3 Å². The number of amides is 3. The lowest BCUT2D eigenvalue weighted by atomic mass is 10.2. The third-order valence-electron chi connectivity index (χ3n) is 4.26. The van der Waals surface area contributed by atoms with Gasteiger partial charge in [-0.15, -0.1) is 0 Å². The zero-order valence-corrected chi connectivity index (χ0v) is 14.6. The van der Waals surface area contributed by atoms with E-state index in [1.165, 1.54) is 11.0 Å². The molecule has 1 aromatic carbocycles. The van der Waals surface area contributed by atoms with Gasteiger partial charge >= 0.3 is 0 Å². The van der Waals surface area contributed by atoms with Crippen LogP contribution in [0.25, 0.3) is 0 Å². The highest BCUT2D eigenvalue weighted by molar-refractivity contribution is 6.05. The zero-order valence-electron chi connectivity index (χ0n) is 14.6. The van der Waals surface area contributed by atoms with Gasteiger partial charge in [0.1, 0.15) is 5.69 Å². The molecule has 3 amide bonds. The van der Waals surface area contributed by atoms with Gasteiger partial charge in [0, 0.05) is 38.0 Å². The molecule has 0 spiro atoms. The first-order valence-electron chi connectivity index (χ1n) is 8.05. The second-order valence-corrected chi connectivity index (χ2v) is 5.97. The number of hydrogen-bond donors (Lipinski definition) is 1. The molecular weight excluding hydrogens is 334 g/mol. The Morgan fingerprint density at radius 1 is 1.27 bits per heavy atom. The Kier molecular flexibility index (Phi) is 4.57. The first-order valence-corrected chi connectivity index (χ1v) is 8.05. The predicted molar refractivity (Wildman–Crippen MR) is 97.2 cm³/mol. The normalized spacial score (nSPS) is 13.2. The van der Waals surface area contributed by atoms with Crippen LogP contribution in [0.3, 0.4) is 0 Å². The molecule has 0 atom stereocenters. The lowest BCUT2D eigenvalue weighted by molar-refractivity contribution is -0.113. The summed E-state index contributed by atoms with van der Waals surface area (Å²) in [5, 5.41) is 6.95. The number of likely N-dealkylation sites (N-methyl/N-ethyl adjacent to an activating group) is 2. The molecule has 0 aliphatic carbocycles. The quantitative estimate of drug-likeness (QED) is 0.841. The summed E-state index contributed by atoms with van der Waals surface area (Å²) in [4.78, 5) is 39.1. The SMILES string of the molecule is C=CC(=O)N(C)c1ccc(C(=O)Nc2cc3n(n2)CCN(C)C3=O)cc1. The number of carbonyl (C=O) groups is 3. The zero-order chi connectivity index (χ0) is 18.8. The Hall–Kier alpha value is -3.42. The molecule has 0 saturated carbocycles. The van der Waals surface area contributed by atoms with E-state index in [2.05, 4.69) is 17.0 Å². The van der Waals surface area contributed by atoms with E-state index >= 15 is 0 Å². The molecule has 1 aliphatic rings. The van der Waals surface area contributed by atoms with Crippen LogP contribution in [0.15, 0.2) is 43.0 Å². The minimum Gasteiger partial charge on any atom is -0.339 e. The summed E-state index contributed by atoms with van der Waals surface area (Å²) in [6.07, 6.45) is 1.22. The third-order valence-corrected chi connectivity index (χ3v) is 4.26. The van der Waals surface area contributed by atoms with Gasteiger partial charge in [0.25, 0.3) is 11.8 Å². The van der Waals surface area contributed by atoms with Crippen LogP contribution in [0.1, 0.15) is 20.8 Å². The van der Waals surface area contributed by atoms with Crippen LogP contribution >= 0.6 is 0 Å². The average molecular weight is 353 g/mol. The Bertz CT molecular complexity index is 885. The molecule has 0 unspecified atom stereocenters. The van der Waals surface area contributed by atoms with E-state index in [1.54, 1.807) is 54.0 Å². The fourth-order valence-electron chi connectivity index (χ4n) is 2.65. The molecule has 8 heteroatoms. The molecule has 26 heavy (non-hydrogen) atoms. The maximum atomic E-state index is 12.4. The molecule has 3 rings (SSSR count). The van der Waals surface area contributed by atoms with Gasteiger partial charge in [0.05, 0.1) is 6.54 Å². The summed E-state index contributed by atoms with van der Waals surface area (Å²) in [6.45, 7) is 4.62. The van der Waals surface area contributed by atoms with E-state index < -0.39 is 0 Å². The number of fused-ring (bicyclic) bond motifs is 1. The first kappa shape index (κ1) is 17.4. The molecule has 2 heterocycles. The van der Waals surface area contributed by atoms with Crippen LogP contribution < -0.4 is 10.2 Å². The number of carbonyl (C=O) groups excluding carboxylic acids is 3. The lowest BCUT2D eigenvalue weighted by Crippen LogP contribution is -2.37. The number of rotatable bonds is 4. The summed E-state index contributed by atoms with van der Waals surface area (Å²) >= 11 is 0. The van der Waals surface area contributed by atoms with Crippen LogP contribution in [0.5, 0.6) is 0 Å². The molecule has 0 radical (unpaired) electrons. The molecule has 1 aromatic heterocycles. The molecule has 0 fully saturated rings. The van der Waals surface area contributed by atoms with E-state index in [1.807, 2.05) is 0 Å². The summed E-state index contributed by atoms with van der Waals surface area (Å²) in [7, 11) is 3.36. The summed E-state index contributed by atoms with van der Waals surface area (Å²) < 4.78 is 1.59. The van der Waals surface area contributed by atoms with Crippen LogP contribution in [-0.4, -0.2) is 53.0 Å². The first-order chi connectivity index (χ1) is 12.4. The van der Waals surface area contributed by atoms with Crippen molar-refractivity contribution in [3.05, 3.63) is 54.2 Å². The smallest absolute Gasteiger partial charge is 0.272 e. The van der Waals surface area contributed by atoms with E-state index in [0.717, 1.165) is 0 Å². The van der Waals surface area contributed by atoms with Gasteiger partial charge in [-0.3, -0.25) is 19.1 Å². The second-order valence-electron chi connectivity index (χ2n) is 5.97. The van der Waals surface area contributed by atoms with E-state index in [0.29, 0.717) is 35.9 Å². The molecule has 1 N–H and O–H groups in total. The number of hydrogen-bond acceptors (Lipinski definition) is 4. The third kappa shape index (κ3) is 3.21. The fraction of sp³-hybridized carbons (Fsp3) is 0.222. The van der Waals surface area contributed by atoms with Crippen LogP contribution in [0, 0.1) is 0 Å². The molecule has 2 aromatic rings. The number of anilines is 2. The van der Waals surface area contributed by atoms with Crippen molar-refractivity contribution < 1.29 is 14.4 Å². The minimum absolute atomic E-state index is 0.122. The van der Waals surface area contributed by atoms with E-state index in [-0.39, 0.29) is 17.7 Å². The maximum absolute atomic E-state index is 12.4. The van der Waals surface area contributed by atoms with Crippen molar-refractivity contribution in [3.63, 3.8) is 0 Å². The second kappa shape index (κ2) is 6.83. The minimum atomic E-state index is -0.342. The average Bonchev–Trinajstić information content (AvgIpc) is 3.07. The van der Waals surface area contributed by atoms with Crippen molar-refractivity contribution in [2.45, 2.75) is 6.54 Å². The van der Waals surface area contributed by atoms with E-state index in [4.69, 9.17) is 0 Å². The van der Waals surface area contributed by atoms with Crippen LogP contribution in [0.2, 0.25) is 0 Å². The molecular formula is C18H19N5O3. The van der Waals surface area contributed by atoms with Crippen molar-refractivity contribution in [1.29, 1.82) is 0 Å². The van der Waals surface area contributed by atoms with Crippen molar-refractivity contribution in [2.24, 2.45) is 0 Å². The number of aromatic nitrogens is 2. The molecule has 0 saturated heterocycles. The Morgan fingerprint density at radius 2 is 1.96 bits per heavy atom. The lowest BCUT2D eigenvalue weighted by Gasteiger charge is -2.22. The van der Waals surface area contributed by atoms with E-state index in [9.17, 15) is 14.4 Å². The van der Waals surface area contributed by atoms with Gasteiger partial charge < -0.3 is 15.1 Å². The maximum Gasteiger partial charge on any atom is 0.272 e. The summed E-state index contributed by atoms with van der Waals surface area (Å²) in [5.41, 5.74) is 1.52. The van der Waals surface area contributed by atoms with Crippen LogP contribution in [0.4, 0.5) is 11.5 Å². The van der Waals surface area contributed by atoms with Crippen LogP contribution in [-0.2, 0) is 11.3 Å². The molecule has 0 bridgehead atoms. The van der Waals surface area contributed by atoms with Crippen molar-refractivity contribution in [2.75, 3.05) is 30.9 Å². The van der Waals surface area contributed by atoms with Crippen molar-refractivity contribution in [3.8, 4) is 0 Å². The number of nitrogens with zero attached hydrogens (tertiary/aromatic N) is 4. The van der Waals surface area contributed by atoms with Crippen molar-refractivity contribution in [1.82, 2.24) is 14.7 Å². The summed E-state index contributed by atoms with van der Waals surface area (Å²) in [5.74, 6) is -0.369. The standard InChI is InChI=1S/C18H19N5O3/c1-4-16(24)22(3)13-7-5-12(6-8-13)17(25)19-15-11-14-18(26)21(2)9-10-23(14)20-15/h4-8,11H,1,9-10H2,2-3H3,(H,19,20,25). The Labute approximate surface area is 150 Å². The number of benzene rings is 1. The van der Waals surface area contributed by atoms with Gasteiger partial charge in [-0.25, -0.2) is 0 Å². The predicted octanol–water partition coefficient (Wildman–Crippen LogP) is 1.37. The fourth-order valence-corrected chi connectivity index (χ4v) is 2.65.